The van der Waals surface area contributed by atoms with Gasteiger partial charge < -0.3 is 15.3 Å². The van der Waals surface area contributed by atoms with E-state index in [1.165, 1.54) is 0 Å². The summed E-state index contributed by atoms with van der Waals surface area (Å²) < 4.78 is 0. The molecule has 5 heteroatoms. The molecule has 2 N–H and O–H groups in total. The SMILES string of the molecule is CCC(C)(CO)CNC1CCN(c2ncccn2)CC1. The van der Waals surface area contributed by atoms with Gasteiger partial charge in [0.15, 0.2) is 0 Å². The maximum atomic E-state index is 9.44. The van der Waals surface area contributed by atoms with Crippen molar-refractivity contribution in [2.45, 2.75) is 39.2 Å². The molecule has 1 atom stereocenters. The molecule has 2 rings (SSSR count). The molecule has 112 valence electrons. The zero-order valence-corrected chi connectivity index (χ0v) is 12.5. The van der Waals surface area contributed by atoms with Crippen LogP contribution in [0.2, 0.25) is 0 Å². The fourth-order valence-electron chi connectivity index (χ4n) is 2.42. The van der Waals surface area contributed by atoms with Gasteiger partial charge in [-0.25, -0.2) is 9.97 Å². The molecule has 0 radical (unpaired) electrons. The molecule has 0 amide bonds. The van der Waals surface area contributed by atoms with E-state index in [4.69, 9.17) is 0 Å². The Balaban J connectivity index is 1.77. The van der Waals surface area contributed by atoms with Crippen molar-refractivity contribution in [3.63, 3.8) is 0 Å². The largest absolute Gasteiger partial charge is 0.396 e. The number of aliphatic hydroxyl groups is 1. The number of nitrogens with one attached hydrogen (secondary N) is 1. The van der Waals surface area contributed by atoms with E-state index >= 15 is 0 Å². The summed E-state index contributed by atoms with van der Waals surface area (Å²) in [5.41, 5.74) is -0.000322. The lowest BCUT2D eigenvalue weighted by Crippen LogP contribution is -2.46. The molecular weight excluding hydrogens is 252 g/mol. The lowest BCUT2D eigenvalue weighted by molar-refractivity contribution is 0.130. The van der Waals surface area contributed by atoms with Crippen LogP contribution in [0.5, 0.6) is 0 Å². The summed E-state index contributed by atoms with van der Waals surface area (Å²) in [5, 5.41) is 13.0. The quantitative estimate of drug-likeness (QED) is 0.824. The minimum atomic E-state index is -0.000322. The number of aliphatic hydroxyl groups excluding tert-OH is 1. The van der Waals surface area contributed by atoms with E-state index in [0.717, 1.165) is 44.8 Å². The Kier molecular flexibility index (Phi) is 5.31. The highest BCUT2D eigenvalue weighted by Gasteiger charge is 2.25. The molecule has 0 bridgehead atoms. The van der Waals surface area contributed by atoms with Crippen molar-refractivity contribution in [2.75, 3.05) is 31.1 Å². The van der Waals surface area contributed by atoms with E-state index in [-0.39, 0.29) is 12.0 Å². The maximum Gasteiger partial charge on any atom is 0.225 e. The second kappa shape index (κ2) is 6.99. The van der Waals surface area contributed by atoms with Gasteiger partial charge in [0.1, 0.15) is 0 Å². The Morgan fingerprint density at radius 3 is 2.55 bits per heavy atom. The number of rotatable bonds is 6. The summed E-state index contributed by atoms with van der Waals surface area (Å²) in [7, 11) is 0. The zero-order chi connectivity index (χ0) is 14.4. The molecule has 1 aliphatic heterocycles. The molecule has 1 fully saturated rings. The van der Waals surface area contributed by atoms with Crippen LogP contribution in [0.15, 0.2) is 18.5 Å². The lowest BCUT2D eigenvalue weighted by Gasteiger charge is -2.35. The molecule has 5 nitrogen and oxygen atoms in total. The van der Waals surface area contributed by atoms with Gasteiger partial charge in [-0.3, -0.25) is 0 Å². The van der Waals surface area contributed by atoms with E-state index < -0.39 is 0 Å². The van der Waals surface area contributed by atoms with Gasteiger partial charge in [-0.1, -0.05) is 13.8 Å². The topological polar surface area (TPSA) is 61.3 Å². The number of nitrogens with zero attached hydrogens (tertiary/aromatic N) is 3. The molecule has 0 spiro atoms. The third kappa shape index (κ3) is 3.90. The standard InChI is InChI=1S/C15H26N4O/c1-3-15(2,12-20)11-18-13-5-9-19(10-6-13)14-16-7-4-8-17-14/h4,7-8,13,18,20H,3,5-6,9-12H2,1-2H3. The Hall–Kier alpha value is -1.20. The molecule has 0 saturated carbocycles. The first-order valence-corrected chi connectivity index (χ1v) is 7.53. The zero-order valence-electron chi connectivity index (χ0n) is 12.5. The van der Waals surface area contributed by atoms with Crippen LogP contribution in [0.1, 0.15) is 33.1 Å². The van der Waals surface area contributed by atoms with Crippen LogP contribution in [0.25, 0.3) is 0 Å². The van der Waals surface area contributed by atoms with Crippen LogP contribution in [0.3, 0.4) is 0 Å². The lowest BCUT2D eigenvalue weighted by atomic mass is 9.88. The molecule has 1 aromatic rings. The van der Waals surface area contributed by atoms with Gasteiger partial charge in [0.05, 0.1) is 0 Å². The third-order valence-corrected chi connectivity index (χ3v) is 4.38. The van der Waals surface area contributed by atoms with Crippen molar-refractivity contribution >= 4 is 5.95 Å². The van der Waals surface area contributed by atoms with Gasteiger partial charge in [-0.2, -0.15) is 0 Å². The Labute approximate surface area is 121 Å². The third-order valence-electron chi connectivity index (χ3n) is 4.38. The number of hydrogen-bond acceptors (Lipinski definition) is 5. The molecule has 20 heavy (non-hydrogen) atoms. The highest BCUT2D eigenvalue weighted by Crippen LogP contribution is 2.20. The van der Waals surface area contributed by atoms with Gasteiger partial charge in [-0.05, 0) is 25.3 Å². The van der Waals surface area contributed by atoms with Crippen LogP contribution < -0.4 is 10.2 Å². The molecule has 2 heterocycles. The first-order valence-electron chi connectivity index (χ1n) is 7.53. The van der Waals surface area contributed by atoms with Crippen molar-refractivity contribution in [3.05, 3.63) is 18.5 Å². The van der Waals surface area contributed by atoms with Crippen molar-refractivity contribution in [1.82, 2.24) is 15.3 Å². The van der Waals surface area contributed by atoms with E-state index in [9.17, 15) is 5.11 Å². The highest BCUT2D eigenvalue weighted by molar-refractivity contribution is 5.29. The summed E-state index contributed by atoms with van der Waals surface area (Å²) in [4.78, 5) is 10.8. The van der Waals surface area contributed by atoms with Crippen molar-refractivity contribution in [1.29, 1.82) is 0 Å². The summed E-state index contributed by atoms with van der Waals surface area (Å²) in [6.07, 6.45) is 6.78. The molecule has 1 aromatic heterocycles. The summed E-state index contributed by atoms with van der Waals surface area (Å²) in [5.74, 6) is 0.833. The molecule has 1 aliphatic rings. The van der Waals surface area contributed by atoms with E-state index in [0.29, 0.717) is 6.04 Å². The Morgan fingerprint density at radius 1 is 1.35 bits per heavy atom. The fourth-order valence-corrected chi connectivity index (χ4v) is 2.42. The van der Waals surface area contributed by atoms with Crippen LogP contribution in [0, 0.1) is 5.41 Å². The van der Waals surface area contributed by atoms with Crippen LogP contribution in [-0.4, -0.2) is 47.4 Å². The van der Waals surface area contributed by atoms with Gasteiger partial charge in [0, 0.05) is 50.1 Å². The van der Waals surface area contributed by atoms with Crippen molar-refractivity contribution < 1.29 is 5.11 Å². The predicted octanol–water partition coefficient (Wildman–Crippen LogP) is 1.44. The average molecular weight is 278 g/mol. The Bertz CT molecular complexity index is 386. The monoisotopic (exact) mass is 278 g/mol. The summed E-state index contributed by atoms with van der Waals surface area (Å²) in [6.45, 7) is 7.37. The van der Waals surface area contributed by atoms with E-state index in [1.807, 2.05) is 6.07 Å². The van der Waals surface area contributed by atoms with Gasteiger partial charge in [-0.15, -0.1) is 0 Å². The normalized spacial score (nSPS) is 19.9. The van der Waals surface area contributed by atoms with Crippen LogP contribution in [-0.2, 0) is 0 Å². The molecule has 0 aliphatic carbocycles. The number of aromatic nitrogens is 2. The van der Waals surface area contributed by atoms with Gasteiger partial charge in [0.25, 0.3) is 0 Å². The second-order valence-corrected chi connectivity index (χ2v) is 6.01. The van der Waals surface area contributed by atoms with Gasteiger partial charge >= 0.3 is 0 Å². The van der Waals surface area contributed by atoms with Crippen molar-refractivity contribution in [3.8, 4) is 0 Å². The number of piperidine rings is 1. The summed E-state index contributed by atoms with van der Waals surface area (Å²) in [6, 6.07) is 2.38. The minimum Gasteiger partial charge on any atom is -0.396 e. The van der Waals surface area contributed by atoms with Crippen LogP contribution in [0.4, 0.5) is 5.95 Å². The first-order chi connectivity index (χ1) is 9.67. The average Bonchev–Trinajstić information content (AvgIpc) is 2.54. The molecule has 0 aromatic carbocycles. The van der Waals surface area contributed by atoms with Gasteiger partial charge in [0.2, 0.25) is 5.95 Å². The predicted molar refractivity (Wildman–Crippen MR) is 80.8 cm³/mol. The smallest absolute Gasteiger partial charge is 0.225 e. The van der Waals surface area contributed by atoms with Crippen LogP contribution >= 0.6 is 0 Å². The minimum absolute atomic E-state index is 0.000322. The molecule has 1 saturated heterocycles. The molecule has 1 unspecified atom stereocenters. The molecular formula is C15H26N4O. The second-order valence-electron chi connectivity index (χ2n) is 6.01. The van der Waals surface area contributed by atoms with E-state index in [2.05, 4.69) is 34.0 Å². The first kappa shape index (κ1) is 15.2. The maximum absolute atomic E-state index is 9.44. The Morgan fingerprint density at radius 2 is 2.00 bits per heavy atom. The highest BCUT2D eigenvalue weighted by atomic mass is 16.3. The number of anilines is 1. The fraction of sp³-hybridized carbons (Fsp3) is 0.733. The van der Waals surface area contributed by atoms with Crippen molar-refractivity contribution in [2.24, 2.45) is 5.41 Å². The van der Waals surface area contributed by atoms with E-state index in [1.54, 1.807) is 12.4 Å². The number of hydrogen-bond donors (Lipinski definition) is 2. The summed E-state index contributed by atoms with van der Waals surface area (Å²) >= 11 is 0.